The Balaban J connectivity index is 2.42. The van der Waals surface area contributed by atoms with Gasteiger partial charge in [-0.3, -0.25) is 4.79 Å². The molecule has 0 fully saturated rings. The Hall–Kier alpha value is -1.89. The molecule has 0 aliphatic heterocycles. The number of methoxy groups -OCH3 is 1. The lowest BCUT2D eigenvalue weighted by molar-refractivity contribution is -0.119. The van der Waals surface area contributed by atoms with E-state index < -0.39 is 5.97 Å². The molecule has 1 aromatic heterocycles. The Morgan fingerprint density at radius 3 is 2.57 bits per heavy atom. The highest BCUT2D eigenvalue weighted by molar-refractivity contribution is 7.15. The number of anilines is 1. The van der Waals surface area contributed by atoms with Crippen molar-refractivity contribution in [1.82, 2.24) is 0 Å². The first-order valence-electron chi connectivity index (χ1n) is 6.90. The first-order chi connectivity index (χ1) is 11.1. The minimum absolute atomic E-state index is 0.0869. The number of amides is 1. The highest BCUT2D eigenvalue weighted by atomic mass is 35.5. The number of hydrogen-bond acceptors (Lipinski definition) is 5. The fourth-order valence-electron chi connectivity index (χ4n) is 1.99. The Morgan fingerprint density at radius 2 is 1.96 bits per heavy atom. The van der Waals surface area contributed by atoms with E-state index in [0.717, 1.165) is 5.56 Å². The van der Waals surface area contributed by atoms with Crippen molar-refractivity contribution >= 4 is 39.8 Å². The maximum Gasteiger partial charge on any atom is 0.341 e. The van der Waals surface area contributed by atoms with E-state index in [1.165, 1.54) is 18.4 Å². The van der Waals surface area contributed by atoms with E-state index in [1.807, 2.05) is 12.1 Å². The van der Waals surface area contributed by atoms with Gasteiger partial charge >= 0.3 is 5.97 Å². The monoisotopic (exact) mass is 353 g/mol. The van der Waals surface area contributed by atoms with Crippen LogP contribution in [0.3, 0.4) is 0 Å². The molecule has 2 rings (SSSR count). The van der Waals surface area contributed by atoms with Gasteiger partial charge in [-0.2, -0.15) is 0 Å². The van der Waals surface area contributed by atoms with Gasteiger partial charge in [-0.15, -0.1) is 11.3 Å². The molecule has 1 aromatic carbocycles. The molecule has 0 spiro atoms. The molecule has 0 aliphatic carbocycles. The molecule has 122 valence electrons. The highest BCUT2D eigenvalue weighted by Crippen LogP contribution is 2.36. The van der Waals surface area contributed by atoms with E-state index >= 15 is 0 Å². The SMILES string of the molecule is CCOC(=O)c1c(-c2ccc(Cl)cc2)csc1NC(=O)COC. The molecule has 1 N–H and O–H groups in total. The molecule has 2 aromatic rings. The maximum atomic E-state index is 12.3. The van der Waals surface area contributed by atoms with Crippen molar-refractivity contribution in [1.29, 1.82) is 0 Å². The molecule has 0 bridgehead atoms. The molecule has 1 amide bonds. The summed E-state index contributed by atoms with van der Waals surface area (Å²) in [6.45, 7) is 1.89. The van der Waals surface area contributed by atoms with Crippen LogP contribution in [0.4, 0.5) is 5.00 Å². The second kappa shape index (κ2) is 8.10. The molecule has 0 radical (unpaired) electrons. The van der Waals surface area contributed by atoms with Gasteiger partial charge in [0.2, 0.25) is 0 Å². The van der Waals surface area contributed by atoms with Crippen LogP contribution >= 0.6 is 22.9 Å². The van der Waals surface area contributed by atoms with Crippen LogP contribution in [0.1, 0.15) is 17.3 Å². The number of rotatable bonds is 6. The summed E-state index contributed by atoms with van der Waals surface area (Å²) in [7, 11) is 1.43. The normalized spacial score (nSPS) is 10.4. The predicted molar refractivity (Wildman–Crippen MR) is 91.2 cm³/mol. The van der Waals surface area contributed by atoms with E-state index in [9.17, 15) is 9.59 Å². The molecule has 0 aliphatic rings. The van der Waals surface area contributed by atoms with Gasteiger partial charge < -0.3 is 14.8 Å². The van der Waals surface area contributed by atoms with E-state index in [2.05, 4.69) is 5.32 Å². The van der Waals surface area contributed by atoms with Crippen molar-refractivity contribution in [2.24, 2.45) is 0 Å². The maximum absolute atomic E-state index is 12.3. The summed E-state index contributed by atoms with van der Waals surface area (Å²) in [4.78, 5) is 24.0. The van der Waals surface area contributed by atoms with Gasteiger partial charge in [-0.05, 0) is 24.6 Å². The van der Waals surface area contributed by atoms with E-state index in [0.29, 0.717) is 21.2 Å². The number of carbonyl (C=O) groups is 2. The Morgan fingerprint density at radius 1 is 1.26 bits per heavy atom. The van der Waals surface area contributed by atoms with Gasteiger partial charge in [0.05, 0.1) is 6.61 Å². The Labute approximate surface area is 143 Å². The minimum Gasteiger partial charge on any atom is -0.462 e. The van der Waals surface area contributed by atoms with Crippen molar-refractivity contribution in [2.75, 3.05) is 25.6 Å². The fourth-order valence-corrected chi connectivity index (χ4v) is 3.09. The van der Waals surface area contributed by atoms with Crippen LogP contribution < -0.4 is 5.32 Å². The number of hydrogen-bond donors (Lipinski definition) is 1. The van der Waals surface area contributed by atoms with Gasteiger partial charge in [-0.1, -0.05) is 23.7 Å². The second-order valence-corrected chi connectivity index (χ2v) is 5.88. The molecule has 5 nitrogen and oxygen atoms in total. The first-order valence-corrected chi connectivity index (χ1v) is 8.16. The van der Waals surface area contributed by atoms with E-state index in [1.54, 1.807) is 24.4 Å². The summed E-state index contributed by atoms with van der Waals surface area (Å²) in [6, 6.07) is 7.11. The molecule has 0 saturated carbocycles. The standard InChI is InChI=1S/C16H16ClNO4S/c1-3-22-16(20)14-12(10-4-6-11(17)7-5-10)9-23-15(14)18-13(19)8-21-2/h4-7,9H,3,8H2,1-2H3,(H,18,19). The number of halogens is 1. The van der Waals surface area contributed by atoms with Crippen LogP contribution in [0.2, 0.25) is 5.02 Å². The predicted octanol–water partition coefficient (Wildman–Crippen LogP) is 3.83. The summed E-state index contributed by atoms with van der Waals surface area (Å²) in [5.41, 5.74) is 1.85. The Bertz CT molecular complexity index is 697. The van der Waals surface area contributed by atoms with Crippen molar-refractivity contribution in [3.63, 3.8) is 0 Å². The average molecular weight is 354 g/mol. The quantitative estimate of drug-likeness (QED) is 0.801. The number of esters is 1. The smallest absolute Gasteiger partial charge is 0.341 e. The topological polar surface area (TPSA) is 64.6 Å². The van der Waals surface area contributed by atoms with Gasteiger partial charge in [-0.25, -0.2) is 4.79 Å². The fraction of sp³-hybridized carbons (Fsp3) is 0.250. The highest BCUT2D eigenvalue weighted by Gasteiger charge is 2.22. The number of benzene rings is 1. The largest absolute Gasteiger partial charge is 0.462 e. The lowest BCUT2D eigenvalue weighted by Gasteiger charge is -2.08. The Kier molecular flexibility index (Phi) is 6.15. The first kappa shape index (κ1) is 17.5. The van der Waals surface area contributed by atoms with Gasteiger partial charge in [0.15, 0.2) is 0 Å². The molecule has 0 unspecified atom stereocenters. The zero-order valence-corrected chi connectivity index (χ0v) is 14.3. The lowest BCUT2D eigenvalue weighted by Crippen LogP contribution is -2.18. The zero-order valence-electron chi connectivity index (χ0n) is 12.7. The van der Waals surface area contributed by atoms with Crippen molar-refractivity contribution in [2.45, 2.75) is 6.92 Å². The molecular weight excluding hydrogens is 338 g/mol. The summed E-state index contributed by atoms with van der Waals surface area (Å²) >= 11 is 7.16. The van der Waals surface area contributed by atoms with Gasteiger partial charge in [0.25, 0.3) is 5.91 Å². The molecule has 7 heteroatoms. The minimum atomic E-state index is -0.480. The zero-order chi connectivity index (χ0) is 16.8. The summed E-state index contributed by atoms with van der Waals surface area (Å²) in [6.07, 6.45) is 0. The van der Waals surface area contributed by atoms with Crippen molar-refractivity contribution in [3.05, 3.63) is 40.2 Å². The molecule has 1 heterocycles. The number of nitrogens with one attached hydrogen (secondary N) is 1. The number of ether oxygens (including phenoxy) is 2. The van der Waals surface area contributed by atoms with Crippen LogP contribution in [0.25, 0.3) is 11.1 Å². The average Bonchev–Trinajstić information content (AvgIpc) is 2.92. The molecule has 0 saturated heterocycles. The molecule has 23 heavy (non-hydrogen) atoms. The van der Waals surface area contributed by atoms with Gasteiger partial charge in [0.1, 0.15) is 17.2 Å². The van der Waals surface area contributed by atoms with Crippen molar-refractivity contribution < 1.29 is 19.1 Å². The summed E-state index contributed by atoms with van der Waals surface area (Å²) in [5, 5.41) is 5.53. The molecular formula is C16H16ClNO4S. The summed E-state index contributed by atoms with van der Waals surface area (Å²) in [5.74, 6) is -0.811. The van der Waals surface area contributed by atoms with E-state index in [-0.39, 0.29) is 19.1 Å². The van der Waals surface area contributed by atoms with Gasteiger partial charge in [0, 0.05) is 23.1 Å². The third kappa shape index (κ3) is 4.31. The third-order valence-corrected chi connectivity index (χ3v) is 4.10. The van der Waals surface area contributed by atoms with Crippen molar-refractivity contribution in [3.8, 4) is 11.1 Å². The van der Waals surface area contributed by atoms with Crippen LogP contribution in [-0.4, -0.2) is 32.2 Å². The van der Waals surface area contributed by atoms with Crippen LogP contribution in [-0.2, 0) is 14.3 Å². The second-order valence-electron chi connectivity index (χ2n) is 4.56. The number of thiophene rings is 1. The van der Waals surface area contributed by atoms with Crippen LogP contribution in [0.15, 0.2) is 29.6 Å². The third-order valence-electron chi connectivity index (χ3n) is 2.95. The lowest BCUT2D eigenvalue weighted by atomic mass is 10.0. The molecule has 0 atom stereocenters. The van der Waals surface area contributed by atoms with Crippen LogP contribution in [0, 0.1) is 0 Å². The summed E-state index contributed by atoms with van der Waals surface area (Å²) < 4.78 is 9.90. The van der Waals surface area contributed by atoms with E-state index in [4.69, 9.17) is 21.1 Å². The number of carbonyl (C=O) groups excluding carboxylic acids is 2. The van der Waals surface area contributed by atoms with Crippen LogP contribution in [0.5, 0.6) is 0 Å².